The van der Waals surface area contributed by atoms with E-state index in [-0.39, 0.29) is 0 Å². The summed E-state index contributed by atoms with van der Waals surface area (Å²) in [5.41, 5.74) is 2.76. The zero-order chi connectivity index (χ0) is 19.1. The Labute approximate surface area is 164 Å². The van der Waals surface area contributed by atoms with Crippen LogP contribution in [0.3, 0.4) is 0 Å². The third-order valence-corrected chi connectivity index (χ3v) is 5.99. The van der Waals surface area contributed by atoms with E-state index >= 15 is 0 Å². The van der Waals surface area contributed by atoms with Crippen molar-refractivity contribution in [2.45, 2.75) is 18.9 Å². The van der Waals surface area contributed by atoms with E-state index in [2.05, 4.69) is 26.8 Å². The SMILES string of the molecule is O=C(O)N1CCN(c2ccc(N3CCN(C4CC4)CC3)cn2)c2ccccc21. The molecule has 2 fully saturated rings. The van der Waals surface area contributed by atoms with Crippen LogP contribution in [0.4, 0.5) is 27.7 Å². The number of carbonyl (C=O) groups is 1. The summed E-state index contributed by atoms with van der Waals surface area (Å²) >= 11 is 0. The van der Waals surface area contributed by atoms with Gasteiger partial charge in [-0.3, -0.25) is 9.80 Å². The van der Waals surface area contributed by atoms with Crippen LogP contribution in [0.5, 0.6) is 0 Å². The lowest BCUT2D eigenvalue weighted by molar-refractivity contribution is 0.201. The molecule has 1 N–H and O–H groups in total. The molecule has 1 amide bonds. The summed E-state index contributed by atoms with van der Waals surface area (Å²) < 4.78 is 0. The number of benzene rings is 1. The van der Waals surface area contributed by atoms with Gasteiger partial charge in [0.05, 0.1) is 23.3 Å². The topological polar surface area (TPSA) is 63.2 Å². The van der Waals surface area contributed by atoms with Crippen molar-refractivity contribution in [3.05, 3.63) is 42.6 Å². The lowest BCUT2D eigenvalue weighted by atomic mass is 10.1. The number of carboxylic acid groups (broad SMARTS) is 1. The van der Waals surface area contributed by atoms with Gasteiger partial charge in [-0.15, -0.1) is 0 Å². The van der Waals surface area contributed by atoms with E-state index in [0.29, 0.717) is 18.8 Å². The molecule has 0 spiro atoms. The molecule has 1 aliphatic carbocycles. The summed E-state index contributed by atoms with van der Waals surface area (Å²) in [6.07, 6.45) is 3.77. The molecule has 5 rings (SSSR count). The van der Waals surface area contributed by atoms with E-state index in [9.17, 15) is 9.90 Å². The lowest BCUT2D eigenvalue weighted by Crippen LogP contribution is -2.47. The Kier molecular flexibility index (Phi) is 4.31. The Bertz CT molecular complexity index is 859. The largest absolute Gasteiger partial charge is 0.465 e. The van der Waals surface area contributed by atoms with Crippen molar-refractivity contribution in [1.82, 2.24) is 9.88 Å². The van der Waals surface area contributed by atoms with Crippen molar-refractivity contribution >= 4 is 29.0 Å². The summed E-state index contributed by atoms with van der Waals surface area (Å²) in [6.45, 7) is 5.40. The molecule has 1 saturated carbocycles. The lowest BCUT2D eigenvalue weighted by Gasteiger charge is -2.37. The maximum Gasteiger partial charge on any atom is 0.411 e. The number of fused-ring (bicyclic) bond motifs is 1. The van der Waals surface area contributed by atoms with Gasteiger partial charge < -0.3 is 14.9 Å². The molecule has 2 aromatic rings. The fourth-order valence-corrected chi connectivity index (χ4v) is 4.31. The smallest absolute Gasteiger partial charge is 0.411 e. The minimum atomic E-state index is -0.916. The quantitative estimate of drug-likeness (QED) is 0.885. The number of hydrogen-bond acceptors (Lipinski definition) is 5. The first kappa shape index (κ1) is 17.3. The normalized spacial score (nSPS) is 20.2. The molecule has 7 nitrogen and oxygen atoms in total. The van der Waals surface area contributed by atoms with Crippen molar-refractivity contribution in [3.8, 4) is 0 Å². The average Bonchev–Trinajstić information content (AvgIpc) is 3.59. The van der Waals surface area contributed by atoms with E-state index in [4.69, 9.17) is 4.98 Å². The van der Waals surface area contributed by atoms with Gasteiger partial charge in [-0.25, -0.2) is 9.78 Å². The molecule has 0 bridgehead atoms. The zero-order valence-corrected chi connectivity index (χ0v) is 15.9. The summed E-state index contributed by atoms with van der Waals surface area (Å²) in [4.78, 5) is 24.8. The summed E-state index contributed by atoms with van der Waals surface area (Å²) in [6, 6.07) is 12.6. The Morgan fingerprint density at radius 2 is 1.68 bits per heavy atom. The van der Waals surface area contributed by atoms with E-state index in [1.807, 2.05) is 30.5 Å². The van der Waals surface area contributed by atoms with Crippen molar-refractivity contribution in [3.63, 3.8) is 0 Å². The van der Waals surface area contributed by atoms with E-state index in [1.54, 1.807) is 0 Å². The second-order valence-corrected chi connectivity index (χ2v) is 7.70. The van der Waals surface area contributed by atoms with Crippen molar-refractivity contribution in [2.75, 3.05) is 54.0 Å². The van der Waals surface area contributed by atoms with Gasteiger partial charge in [0.25, 0.3) is 0 Å². The van der Waals surface area contributed by atoms with Gasteiger partial charge in [0, 0.05) is 45.3 Å². The fourth-order valence-electron chi connectivity index (χ4n) is 4.31. The number of pyridine rings is 1. The highest BCUT2D eigenvalue weighted by Crippen LogP contribution is 2.37. The molecule has 0 unspecified atom stereocenters. The van der Waals surface area contributed by atoms with Gasteiger partial charge in [-0.05, 0) is 37.1 Å². The Morgan fingerprint density at radius 3 is 2.32 bits per heavy atom. The van der Waals surface area contributed by atoms with Gasteiger partial charge in [0.15, 0.2) is 0 Å². The summed E-state index contributed by atoms with van der Waals surface area (Å²) in [5, 5.41) is 9.46. The van der Waals surface area contributed by atoms with E-state index in [1.165, 1.54) is 17.7 Å². The molecular weight excluding hydrogens is 354 g/mol. The predicted molar refractivity (Wildman–Crippen MR) is 110 cm³/mol. The van der Waals surface area contributed by atoms with E-state index in [0.717, 1.165) is 49.4 Å². The first-order valence-electron chi connectivity index (χ1n) is 10.0. The zero-order valence-electron chi connectivity index (χ0n) is 15.9. The number of rotatable bonds is 3. The van der Waals surface area contributed by atoms with Crippen LogP contribution < -0.4 is 14.7 Å². The van der Waals surface area contributed by atoms with Crippen LogP contribution in [0, 0.1) is 0 Å². The first-order valence-corrected chi connectivity index (χ1v) is 10.0. The number of hydrogen-bond donors (Lipinski definition) is 1. The maximum absolute atomic E-state index is 11.5. The maximum atomic E-state index is 11.5. The van der Waals surface area contributed by atoms with Gasteiger partial charge in [-0.1, -0.05) is 12.1 Å². The number of anilines is 4. The Hall–Kier alpha value is -2.80. The van der Waals surface area contributed by atoms with Crippen LogP contribution >= 0.6 is 0 Å². The second-order valence-electron chi connectivity index (χ2n) is 7.70. The molecule has 7 heteroatoms. The first-order chi connectivity index (χ1) is 13.7. The highest BCUT2D eigenvalue weighted by Gasteiger charge is 2.31. The van der Waals surface area contributed by atoms with Crippen LogP contribution in [-0.2, 0) is 0 Å². The number of aromatic nitrogens is 1. The van der Waals surface area contributed by atoms with E-state index < -0.39 is 6.09 Å². The second kappa shape index (κ2) is 6.98. The van der Waals surface area contributed by atoms with Crippen LogP contribution in [0.25, 0.3) is 0 Å². The molecule has 3 heterocycles. The minimum absolute atomic E-state index is 0.429. The third kappa shape index (κ3) is 3.16. The fraction of sp³-hybridized carbons (Fsp3) is 0.429. The Balaban J connectivity index is 1.33. The van der Waals surface area contributed by atoms with Gasteiger partial charge >= 0.3 is 6.09 Å². The number of nitrogens with zero attached hydrogens (tertiary/aromatic N) is 5. The molecule has 1 aromatic heterocycles. The van der Waals surface area contributed by atoms with Gasteiger partial charge in [0.2, 0.25) is 0 Å². The minimum Gasteiger partial charge on any atom is -0.465 e. The van der Waals surface area contributed by atoms with Crippen LogP contribution in [-0.4, -0.2) is 66.4 Å². The molecule has 3 aliphatic rings. The molecule has 1 aromatic carbocycles. The van der Waals surface area contributed by atoms with Crippen molar-refractivity contribution in [2.24, 2.45) is 0 Å². The standard InChI is InChI=1S/C21H25N5O2/c27-21(28)26-14-13-25(18-3-1-2-4-19(18)26)20-8-7-17(15-22-20)24-11-9-23(10-12-24)16-5-6-16/h1-4,7-8,15-16H,5-6,9-14H2,(H,27,28). The highest BCUT2D eigenvalue weighted by atomic mass is 16.4. The van der Waals surface area contributed by atoms with Crippen LogP contribution in [0.2, 0.25) is 0 Å². The molecule has 0 radical (unpaired) electrons. The average molecular weight is 379 g/mol. The molecule has 1 saturated heterocycles. The molecule has 146 valence electrons. The third-order valence-electron chi connectivity index (χ3n) is 5.99. The van der Waals surface area contributed by atoms with Gasteiger partial charge in [-0.2, -0.15) is 0 Å². The van der Waals surface area contributed by atoms with Gasteiger partial charge in [0.1, 0.15) is 5.82 Å². The predicted octanol–water partition coefficient (Wildman–Crippen LogP) is 3.00. The number of para-hydroxylation sites is 2. The number of piperazine rings is 1. The van der Waals surface area contributed by atoms with Crippen molar-refractivity contribution in [1.29, 1.82) is 0 Å². The number of amides is 1. The Morgan fingerprint density at radius 1 is 0.929 bits per heavy atom. The summed E-state index contributed by atoms with van der Waals surface area (Å²) in [7, 11) is 0. The molecule has 2 aliphatic heterocycles. The highest BCUT2D eigenvalue weighted by molar-refractivity contribution is 5.93. The monoisotopic (exact) mass is 379 g/mol. The van der Waals surface area contributed by atoms with Crippen molar-refractivity contribution < 1.29 is 9.90 Å². The molecular formula is C21H25N5O2. The molecule has 0 atom stereocenters. The molecule has 28 heavy (non-hydrogen) atoms. The summed E-state index contributed by atoms with van der Waals surface area (Å²) in [5.74, 6) is 0.859. The van der Waals surface area contributed by atoms with Crippen LogP contribution in [0.15, 0.2) is 42.6 Å². The van der Waals surface area contributed by atoms with Crippen LogP contribution in [0.1, 0.15) is 12.8 Å².